The van der Waals surface area contributed by atoms with Crippen LogP contribution in [0.15, 0.2) is 48.5 Å². The number of rotatable bonds is 3. The van der Waals surface area contributed by atoms with E-state index in [1.54, 1.807) is 12.1 Å². The molecular formula is C18H17ClFNO. The van der Waals surface area contributed by atoms with E-state index in [1.807, 2.05) is 29.2 Å². The first-order chi connectivity index (χ1) is 10.6. The summed E-state index contributed by atoms with van der Waals surface area (Å²) in [4.78, 5) is 14.5. The summed E-state index contributed by atoms with van der Waals surface area (Å²) in [7, 11) is 0. The fourth-order valence-electron chi connectivity index (χ4n) is 3.03. The molecule has 0 aliphatic carbocycles. The average Bonchev–Trinajstić information content (AvgIpc) is 2.99. The fraction of sp³-hybridized carbons (Fsp3) is 0.278. The molecule has 0 aromatic heterocycles. The minimum Gasteiger partial charge on any atom is -0.335 e. The van der Waals surface area contributed by atoms with Crippen molar-refractivity contribution in [2.24, 2.45) is 0 Å². The Balaban J connectivity index is 1.78. The van der Waals surface area contributed by atoms with Crippen molar-refractivity contribution in [3.8, 4) is 0 Å². The average molecular weight is 318 g/mol. The summed E-state index contributed by atoms with van der Waals surface area (Å²) in [5.41, 5.74) is 1.70. The molecule has 2 aromatic rings. The largest absolute Gasteiger partial charge is 0.335 e. The van der Waals surface area contributed by atoms with Crippen LogP contribution in [0.25, 0.3) is 0 Å². The van der Waals surface area contributed by atoms with Crippen LogP contribution >= 0.6 is 11.6 Å². The molecule has 0 radical (unpaired) electrons. The van der Waals surface area contributed by atoms with Crippen molar-refractivity contribution in [1.29, 1.82) is 0 Å². The van der Waals surface area contributed by atoms with Gasteiger partial charge in [0.2, 0.25) is 5.91 Å². The van der Waals surface area contributed by atoms with Crippen molar-refractivity contribution in [2.45, 2.75) is 25.3 Å². The maximum atomic E-state index is 13.4. The Labute approximate surface area is 134 Å². The van der Waals surface area contributed by atoms with Crippen LogP contribution in [0, 0.1) is 5.82 Å². The van der Waals surface area contributed by atoms with Gasteiger partial charge in [-0.25, -0.2) is 4.39 Å². The standard InChI is InChI=1S/C18H17ClFNO/c19-16-8-2-1-5-13(16)12-18(22)21-10-4-9-17(21)14-6-3-7-15(20)11-14/h1-3,5-8,11,17H,4,9-10,12H2/t17-/m1/s1. The van der Waals surface area contributed by atoms with Crippen molar-refractivity contribution in [2.75, 3.05) is 6.54 Å². The van der Waals surface area contributed by atoms with Gasteiger partial charge in [-0.05, 0) is 42.2 Å². The van der Waals surface area contributed by atoms with E-state index in [1.165, 1.54) is 12.1 Å². The zero-order chi connectivity index (χ0) is 15.5. The number of carbonyl (C=O) groups excluding carboxylic acids is 1. The van der Waals surface area contributed by atoms with E-state index < -0.39 is 0 Å². The molecule has 3 rings (SSSR count). The summed E-state index contributed by atoms with van der Waals surface area (Å²) in [6.07, 6.45) is 2.10. The van der Waals surface area contributed by atoms with Crippen molar-refractivity contribution in [3.05, 3.63) is 70.5 Å². The van der Waals surface area contributed by atoms with Gasteiger partial charge < -0.3 is 4.90 Å². The molecule has 0 bridgehead atoms. The first kappa shape index (κ1) is 15.0. The number of nitrogens with zero attached hydrogens (tertiary/aromatic N) is 1. The van der Waals surface area contributed by atoms with Crippen molar-refractivity contribution < 1.29 is 9.18 Å². The third-order valence-corrected chi connectivity index (χ3v) is 4.47. The zero-order valence-electron chi connectivity index (χ0n) is 12.1. The van der Waals surface area contributed by atoms with Gasteiger partial charge in [0, 0.05) is 11.6 Å². The number of likely N-dealkylation sites (tertiary alicyclic amines) is 1. The highest BCUT2D eigenvalue weighted by Crippen LogP contribution is 2.33. The molecule has 1 amide bonds. The highest BCUT2D eigenvalue weighted by atomic mass is 35.5. The minimum absolute atomic E-state index is 0.0364. The van der Waals surface area contributed by atoms with Crippen LogP contribution in [0.2, 0.25) is 5.02 Å². The lowest BCUT2D eigenvalue weighted by molar-refractivity contribution is -0.131. The topological polar surface area (TPSA) is 20.3 Å². The molecule has 0 N–H and O–H groups in total. The predicted molar refractivity (Wildman–Crippen MR) is 85.2 cm³/mol. The van der Waals surface area contributed by atoms with Crippen LogP contribution < -0.4 is 0 Å². The van der Waals surface area contributed by atoms with Gasteiger partial charge in [-0.1, -0.05) is 41.9 Å². The van der Waals surface area contributed by atoms with Gasteiger partial charge in [0.15, 0.2) is 0 Å². The van der Waals surface area contributed by atoms with Crippen LogP contribution in [-0.2, 0) is 11.2 Å². The number of hydrogen-bond donors (Lipinski definition) is 0. The van der Waals surface area contributed by atoms with E-state index in [0.29, 0.717) is 11.6 Å². The number of carbonyl (C=O) groups is 1. The van der Waals surface area contributed by atoms with Crippen LogP contribution in [-0.4, -0.2) is 17.4 Å². The lowest BCUT2D eigenvalue weighted by atomic mass is 10.0. The molecule has 22 heavy (non-hydrogen) atoms. The molecule has 2 nitrogen and oxygen atoms in total. The maximum absolute atomic E-state index is 13.4. The maximum Gasteiger partial charge on any atom is 0.227 e. The van der Waals surface area contributed by atoms with Crippen LogP contribution in [0.3, 0.4) is 0 Å². The molecule has 1 aliphatic rings. The Hall–Kier alpha value is -1.87. The van der Waals surface area contributed by atoms with E-state index in [9.17, 15) is 9.18 Å². The van der Waals surface area contributed by atoms with E-state index in [4.69, 9.17) is 11.6 Å². The summed E-state index contributed by atoms with van der Waals surface area (Å²) >= 11 is 6.13. The SMILES string of the molecule is O=C(Cc1ccccc1Cl)N1CCC[C@@H]1c1cccc(F)c1. The summed E-state index contributed by atoms with van der Waals surface area (Å²) in [5, 5.41) is 0.609. The summed E-state index contributed by atoms with van der Waals surface area (Å²) in [6, 6.07) is 13.9. The van der Waals surface area contributed by atoms with Gasteiger partial charge >= 0.3 is 0 Å². The van der Waals surface area contributed by atoms with Crippen molar-refractivity contribution >= 4 is 17.5 Å². The third-order valence-electron chi connectivity index (χ3n) is 4.11. The van der Waals surface area contributed by atoms with E-state index >= 15 is 0 Å². The lowest BCUT2D eigenvalue weighted by Gasteiger charge is -2.25. The summed E-state index contributed by atoms with van der Waals surface area (Å²) in [5.74, 6) is -0.220. The van der Waals surface area contributed by atoms with E-state index in [-0.39, 0.29) is 24.2 Å². The normalized spacial score (nSPS) is 17.7. The van der Waals surface area contributed by atoms with Gasteiger partial charge in [-0.15, -0.1) is 0 Å². The van der Waals surface area contributed by atoms with Crippen LogP contribution in [0.5, 0.6) is 0 Å². The Bertz CT molecular complexity index is 688. The quantitative estimate of drug-likeness (QED) is 0.822. The number of halogens is 2. The molecule has 1 atom stereocenters. The Morgan fingerprint density at radius 3 is 2.82 bits per heavy atom. The molecule has 1 saturated heterocycles. The Morgan fingerprint density at radius 2 is 2.05 bits per heavy atom. The van der Waals surface area contributed by atoms with Crippen molar-refractivity contribution in [3.63, 3.8) is 0 Å². The zero-order valence-corrected chi connectivity index (χ0v) is 12.9. The Kier molecular flexibility index (Phi) is 4.44. The highest BCUT2D eigenvalue weighted by Gasteiger charge is 2.30. The second-order valence-corrected chi connectivity index (χ2v) is 5.98. The van der Waals surface area contributed by atoms with Gasteiger partial charge in [0.1, 0.15) is 5.82 Å². The molecule has 1 aliphatic heterocycles. The van der Waals surface area contributed by atoms with Crippen LogP contribution in [0.4, 0.5) is 4.39 Å². The Morgan fingerprint density at radius 1 is 1.23 bits per heavy atom. The molecule has 1 heterocycles. The first-order valence-electron chi connectivity index (χ1n) is 7.43. The van der Waals surface area contributed by atoms with Gasteiger partial charge in [0.05, 0.1) is 12.5 Å². The predicted octanol–water partition coefficient (Wildman–Crippen LogP) is 4.39. The number of benzene rings is 2. The molecule has 4 heteroatoms. The molecular weight excluding hydrogens is 301 g/mol. The summed E-state index contributed by atoms with van der Waals surface area (Å²) < 4.78 is 13.4. The summed E-state index contributed by atoms with van der Waals surface area (Å²) in [6.45, 7) is 0.713. The minimum atomic E-state index is -0.261. The number of hydrogen-bond acceptors (Lipinski definition) is 1. The van der Waals surface area contributed by atoms with Gasteiger partial charge in [0.25, 0.3) is 0 Å². The van der Waals surface area contributed by atoms with Gasteiger partial charge in [-0.2, -0.15) is 0 Å². The molecule has 0 saturated carbocycles. The molecule has 2 aromatic carbocycles. The fourth-order valence-corrected chi connectivity index (χ4v) is 3.23. The van der Waals surface area contributed by atoms with Crippen molar-refractivity contribution in [1.82, 2.24) is 4.90 Å². The molecule has 114 valence electrons. The van der Waals surface area contributed by atoms with E-state index in [0.717, 1.165) is 24.0 Å². The monoisotopic (exact) mass is 317 g/mol. The second kappa shape index (κ2) is 6.49. The molecule has 0 unspecified atom stereocenters. The highest BCUT2D eigenvalue weighted by molar-refractivity contribution is 6.31. The third kappa shape index (κ3) is 3.14. The van der Waals surface area contributed by atoms with Crippen LogP contribution in [0.1, 0.15) is 30.0 Å². The lowest BCUT2D eigenvalue weighted by Crippen LogP contribution is -2.31. The second-order valence-electron chi connectivity index (χ2n) is 5.57. The molecule has 0 spiro atoms. The van der Waals surface area contributed by atoms with E-state index in [2.05, 4.69) is 0 Å². The molecule has 1 fully saturated rings. The number of amides is 1. The first-order valence-corrected chi connectivity index (χ1v) is 7.81. The van der Waals surface area contributed by atoms with Gasteiger partial charge in [-0.3, -0.25) is 4.79 Å². The smallest absolute Gasteiger partial charge is 0.227 e.